The minimum Gasteiger partial charge on any atom is -0.488 e. The maximum atomic E-state index is 6.53. The van der Waals surface area contributed by atoms with Gasteiger partial charge in [-0.2, -0.15) is 0 Å². The molecule has 0 amide bonds. The number of hydrogen-bond acceptors (Lipinski definition) is 7. The van der Waals surface area contributed by atoms with Gasteiger partial charge in [-0.25, -0.2) is 0 Å². The van der Waals surface area contributed by atoms with E-state index >= 15 is 0 Å². The average Bonchev–Trinajstić information content (AvgIpc) is 3.49. The highest BCUT2D eigenvalue weighted by atomic mass is 32.2. The minimum atomic E-state index is -0.789. The average molecular weight is 455 g/mol. The molecule has 0 aliphatic carbocycles. The lowest BCUT2D eigenvalue weighted by Crippen LogP contribution is -2.49. The Labute approximate surface area is 190 Å². The third kappa shape index (κ3) is 2.91. The van der Waals surface area contributed by atoms with Crippen LogP contribution in [0.1, 0.15) is 25.0 Å². The Hall–Kier alpha value is -2.45. The van der Waals surface area contributed by atoms with Crippen LogP contribution in [-0.2, 0) is 10.3 Å². The summed E-state index contributed by atoms with van der Waals surface area (Å²) in [7, 11) is 0. The van der Waals surface area contributed by atoms with Crippen molar-refractivity contribution in [3.05, 3.63) is 47.5 Å². The zero-order chi connectivity index (χ0) is 21.2. The van der Waals surface area contributed by atoms with E-state index in [1.165, 1.54) is 5.04 Å². The second-order valence-corrected chi connectivity index (χ2v) is 10.1. The fourth-order valence-electron chi connectivity index (χ4n) is 4.56. The Bertz CT molecular complexity index is 1120. The van der Waals surface area contributed by atoms with Gasteiger partial charge in [-0.1, -0.05) is 32.0 Å². The predicted molar refractivity (Wildman–Crippen MR) is 125 cm³/mol. The van der Waals surface area contributed by atoms with Gasteiger partial charge in [-0.05, 0) is 24.4 Å². The molecule has 4 aliphatic rings. The van der Waals surface area contributed by atoms with Gasteiger partial charge in [0.1, 0.15) is 12.4 Å². The number of hydrogen-bond donors (Lipinski definition) is 0. The minimum absolute atomic E-state index is 0.217. The van der Waals surface area contributed by atoms with E-state index in [1.54, 1.807) is 0 Å². The number of nitrogens with zero attached hydrogens (tertiary/aromatic N) is 2. The van der Waals surface area contributed by atoms with Crippen molar-refractivity contribution < 1.29 is 18.9 Å². The van der Waals surface area contributed by atoms with Crippen molar-refractivity contribution in [2.45, 2.75) is 24.7 Å². The molecule has 0 saturated carbocycles. The lowest BCUT2D eigenvalue weighted by molar-refractivity contribution is 0.0655. The summed E-state index contributed by atoms with van der Waals surface area (Å²) in [5.41, 5.74) is 2.25. The van der Waals surface area contributed by atoms with E-state index in [2.05, 4.69) is 30.9 Å². The molecule has 160 valence electrons. The molecule has 2 aromatic carbocycles. The maximum Gasteiger partial charge on any atom is 0.265 e. The van der Waals surface area contributed by atoms with E-state index in [1.807, 2.05) is 36.0 Å². The summed E-state index contributed by atoms with van der Waals surface area (Å²) < 4.78 is 23.7. The van der Waals surface area contributed by atoms with Crippen molar-refractivity contribution in [1.29, 1.82) is 0 Å². The van der Waals surface area contributed by atoms with Crippen LogP contribution in [0.25, 0.3) is 0 Å². The number of thiocarbonyl (C=S) groups is 1. The quantitative estimate of drug-likeness (QED) is 0.640. The van der Waals surface area contributed by atoms with Crippen molar-refractivity contribution in [3.8, 4) is 17.2 Å². The van der Waals surface area contributed by atoms with E-state index in [-0.39, 0.29) is 6.79 Å². The molecule has 2 aromatic rings. The molecule has 4 aliphatic heterocycles. The molecule has 0 fully saturated rings. The van der Waals surface area contributed by atoms with Crippen LogP contribution in [-0.4, -0.2) is 42.0 Å². The number of benzene rings is 2. The highest BCUT2D eigenvalue weighted by Gasteiger charge is 2.52. The molecule has 6 nitrogen and oxygen atoms in total. The number of para-hydroxylation sites is 1. The molecule has 0 N–H and O–H groups in total. The summed E-state index contributed by atoms with van der Waals surface area (Å²) in [5, 5.41) is 2.03. The van der Waals surface area contributed by atoms with Gasteiger partial charge in [-0.15, -0.1) is 11.8 Å². The first-order valence-electron chi connectivity index (χ1n) is 10.4. The second-order valence-electron chi connectivity index (χ2n) is 8.39. The monoisotopic (exact) mass is 454 g/mol. The number of anilines is 1. The fourth-order valence-corrected chi connectivity index (χ4v) is 6.01. The topological polar surface area (TPSA) is 52.5 Å². The lowest BCUT2D eigenvalue weighted by Gasteiger charge is -2.42. The van der Waals surface area contributed by atoms with Gasteiger partial charge in [0.15, 0.2) is 11.5 Å². The molecule has 1 spiro atoms. The van der Waals surface area contributed by atoms with Gasteiger partial charge < -0.3 is 23.8 Å². The summed E-state index contributed by atoms with van der Waals surface area (Å²) in [5.74, 6) is 2.61. The molecule has 4 heterocycles. The third-order valence-corrected chi connectivity index (χ3v) is 7.85. The van der Waals surface area contributed by atoms with E-state index in [0.717, 1.165) is 35.7 Å². The van der Waals surface area contributed by atoms with E-state index < -0.39 is 5.60 Å². The Kier molecular flexibility index (Phi) is 4.37. The molecule has 0 radical (unpaired) electrons. The number of fused-ring (bicyclic) bond motifs is 5. The SMILES string of the molecule is CC(C)C1=NCC(CN2C(=S)OC3(COc4cc5c(cc43)OCO5)c3ccccc32)S1. The van der Waals surface area contributed by atoms with Crippen LogP contribution in [0.5, 0.6) is 17.2 Å². The zero-order valence-electron chi connectivity index (χ0n) is 17.3. The molecular weight excluding hydrogens is 432 g/mol. The molecule has 31 heavy (non-hydrogen) atoms. The van der Waals surface area contributed by atoms with Crippen LogP contribution in [0.15, 0.2) is 41.4 Å². The summed E-state index contributed by atoms with van der Waals surface area (Å²) in [6.07, 6.45) is 0. The first-order valence-corrected chi connectivity index (χ1v) is 11.7. The van der Waals surface area contributed by atoms with Crippen LogP contribution in [0.2, 0.25) is 0 Å². The van der Waals surface area contributed by atoms with Crippen molar-refractivity contribution in [3.63, 3.8) is 0 Å². The molecule has 0 aromatic heterocycles. The van der Waals surface area contributed by atoms with Crippen LogP contribution in [0.4, 0.5) is 5.69 Å². The summed E-state index contributed by atoms with van der Waals surface area (Å²) in [6.45, 7) is 6.50. The normalized spacial score (nSPS) is 25.4. The highest BCUT2D eigenvalue weighted by molar-refractivity contribution is 8.14. The van der Waals surface area contributed by atoms with Crippen molar-refractivity contribution in [1.82, 2.24) is 0 Å². The number of rotatable bonds is 3. The van der Waals surface area contributed by atoms with Crippen LogP contribution in [0.3, 0.4) is 0 Å². The molecule has 2 unspecified atom stereocenters. The van der Waals surface area contributed by atoms with Gasteiger partial charge in [0.25, 0.3) is 5.17 Å². The molecule has 8 heteroatoms. The van der Waals surface area contributed by atoms with Crippen LogP contribution >= 0.6 is 24.0 Å². The van der Waals surface area contributed by atoms with Gasteiger partial charge in [0, 0.05) is 34.9 Å². The Balaban J connectivity index is 1.37. The smallest absolute Gasteiger partial charge is 0.265 e. The number of thioether (sulfide) groups is 1. The van der Waals surface area contributed by atoms with Crippen LogP contribution in [0, 0.1) is 5.92 Å². The maximum absolute atomic E-state index is 6.53. The first-order chi connectivity index (χ1) is 15.0. The first kappa shape index (κ1) is 19.3. The van der Waals surface area contributed by atoms with Crippen molar-refractivity contribution in [2.24, 2.45) is 10.9 Å². The van der Waals surface area contributed by atoms with Crippen LogP contribution < -0.4 is 19.1 Å². The Morgan fingerprint density at radius 1 is 1.13 bits per heavy atom. The molecule has 0 bridgehead atoms. The largest absolute Gasteiger partial charge is 0.488 e. The van der Waals surface area contributed by atoms with E-state index in [0.29, 0.717) is 34.4 Å². The number of ether oxygens (including phenoxy) is 4. The summed E-state index contributed by atoms with van der Waals surface area (Å²) in [6, 6.07) is 12.1. The van der Waals surface area contributed by atoms with Gasteiger partial charge in [0.05, 0.1) is 17.3 Å². The van der Waals surface area contributed by atoms with Gasteiger partial charge in [-0.3, -0.25) is 4.99 Å². The van der Waals surface area contributed by atoms with Crippen molar-refractivity contribution in [2.75, 3.05) is 31.4 Å². The standard InChI is InChI=1S/C23H22N2O4S2/c1-13(2)21-24-9-14(31-21)10-25-17-6-4-3-5-15(17)23(29-22(25)30)11-26-18-8-20-19(7-16(18)23)27-12-28-20/h3-8,13-14H,9-12H2,1-2H3. The van der Waals surface area contributed by atoms with E-state index in [9.17, 15) is 0 Å². The summed E-state index contributed by atoms with van der Waals surface area (Å²) >= 11 is 7.66. The molecule has 2 atom stereocenters. The zero-order valence-corrected chi connectivity index (χ0v) is 18.9. The number of aliphatic imine (C=N–C) groups is 1. The second kappa shape index (κ2) is 7.03. The highest BCUT2D eigenvalue weighted by Crippen LogP contribution is 2.53. The molecular formula is C23H22N2O4S2. The predicted octanol–water partition coefficient (Wildman–Crippen LogP) is 4.34. The molecule has 0 saturated heterocycles. The summed E-state index contributed by atoms with van der Waals surface area (Å²) in [4.78, 5) is 6.83. The van der Waals surface area contributed by atoms with E-state index in [4.69, 9.17) is 36.2 Å². The van der Waals surface area contributed by atoms with Gasteiger partial charge >= 0.3 is 0 Å². The van der Waals surface area contributed by atoms with Crippen molar-refractivity contribution >= 4 is 39.9 Å². The lowest BCUT2D eigenvalue weighted by atomic mass is 9.85. The fraction of sp³-hybridized carbons (Fsp3) is 0.391. The third-order valence-electron chi connectivity index (χ3n) is 6.07. The van der Waals surface area contributed by atoms with Gasteiger partial charge in [0.2, 0.25) is 12.4 Å². The Morgan fingerprint density at radius 3 is 2.74 bits per heavy atom. The molecule has 6 rings (SSSR count). The Morgan fingerprint density at radius 2 is 1.94 bits per heavy atom.